The largest absolute Gasteiger partial charge is 0.472 e. The highest BCUT2D eigenvalue weighted by Crippen LogP contribution is 2.33. The second kappa shape index (κ2) is 6.91. The third kappa shape index (κ3) is 3.33. The second-order valence-corrected chi connectivity index (χ2v) is 6.43. The van der Waals surface area contributed by atoms with E-state index in [0.717, 1.165) is 16.7 Å². The molecule has 3 aromatic carbocycles. The molecule has 0 unspecified atom stereocenters. The molecule has 1 aliphatic heterocycles. The van der Waals surface area contributed by atoms with Crippen LogP contribution in [0.3, 0.4) is 0 Å². The molecule has 0 bridgehead atoms. The van der Waals surface area contributed by atoms with Crippen molar-refractivity contribution in [1.29, 1.82) is 0 Å². The number of rotatable bonds is 3. The number of aliphatic imine (C=N–C) groups is 1. The highest BCUT2D eigenvalue weighted by molar-refractivity contribution is 5.96. The summed E-state index contributed by atoms with van der Waals surface area (Å²) in [7, 11) is 0. The van der Waals surface area contributed by atoms with E-state index in [1.807, 2.05) is 31.2 Å². The first-order chi connectivity index (χ1) is 13.0. The zero-order chi connectivity index (χ0) is 19.0. The fourth-order valence-corrected chi connectivity index (χ4v) is 3.19. The second-order valence-electron chi connectivity index (χ2n) is 6.43. The summed E-state index contributed by atoms with van der Waals surface area (Å²) in [6.45, 7) is 1.81. The zero-order valence-corrected chi connectivity index (χ0v) is 14.5. The lowest BCUT2D eigenvalue weighted by Gasteiger charge is -2.13. The summed E-state index contributed by atoms with van der Waals surface area (Å²) in [4.78, 5) is 4.41. The van der Waals surface area contributed by atoms with Crippen molar-refractivity contribution in [1.82, 2.24) is 0 Å². The molecule has 3 aromatic rings. The van der Waals surface area contributed by atoms with Gasteiger partial charge in [0.1, 0.15) is 35.2 Å². The van der Waals surface area contributed by atoms with E-state index >= 15 is 0 Å². The first-order valence-corrected chi connectivity index (χ1v) is 8.57. The summed E-state index contributed by atoms with van der Waals surface area (Å²) in [6, 6.07) is 17.2. The van der Waals surface area contributed by atoms with Gasteiger partial charge in [-0.15, -0.1) is 0 Å². The molecular formula is C22H16F3NO. The van der Waals surface area contributed by atoms with Gasteiger partial charge < -0.3 is 4.74 Å². The van der Waals surface area contributed by atoms with Crippen molar-refractivity contribution in [2.24, 2.45) is 4.99 Å². The van der Waals surface area contributed by atoms with Gasteiger partial charge in [-0.3, -0.25) is 0 Å². The van der Waals surface area contributed by atoms with Gasteiger partial charge in [0, 0.05) is 0 Å². The van der Waals surface area contributed by atoms with Crippen molar-refractivity contribution in [3.63, 3.8) is 0 Å². The summed E-state index contributed by atoms with van der Waals surface area (Å²) in [6.07, 6.45) is -0.351. The lowest BCUT2D eigenvalue weighted by atomic mass is 9.99. The van der Waals surface area contributed by atoms with Crippen molar-refractivity contribution >= 4 is 5.90 Å². The topological polar surface area (TPSA) is 21.6 Å². The Kier molecular flexibility index (Phi) is 4.44. The summed E-state index contributed by atoms with van der Waals surface area (Å²) < 4.78 is 46.7. The van der Waals surface area contributed by atoms with Crippen LogP contribution in [0.4, 0.5) is 13.2 Å². The molecule has 0 saturated carbocycles. The van der Waals surface area contributed by atoms with E-state index in [0.29, 0.717) is 0 Å². The van der Waals surface area contributed by atoms with Crippen molar-refractivity contribution in [3.8, 4) is 11.1 Å². The Morgan fingerprint density at radius 2 is 1.33 bits per heavy atom. The van der Waals surface area contributed by atoms with E-state index < -0.39 is 11.6 Å². The van der Waals surface area contributed by atoms with Crippen molar-refractivity contribution < 1.29 is 17.9 Å². The average Bonchev–Trinajstić information content (AvgIpc) is 3.04. The van der Waals surface area contributed by atoms with Crippen molar-refractivity contribution in [2.45, 2.75) is 19.1 Å². The molecule has 1 heterocycles. The molecule has 0 fully saturated rings. The molecule has 0 amide bonds. The van der Waals surface area contributed by atoms with Gasteiger partial charge in [0.2, 0.25) is 5.90 Å². The summed E-state index contributed by atoms with van der Waals surface area (Å²) in [5, 5.41) is 0. The first kappa shape index (κ1) is 17.3. The third-order valence-electron chi connectivity index (χ3n) is 4.60. The normalized spacial score (nSPS) is 18.9. The Morgan fingerprint density at radius 1 is 0.778 bits per heavy atom. The van der Waals surface area contributed by atoms with Gasteiger partial charge in [0.15, 0.2) is 0 Å². The van der Waals surface area contributed by atoms with Gasteiger partial charge in [-0.1, -0.05) is 42.5 Å². The van der Waals surface area contributed by atoms with E-state index in [-0.39, 0.29) is 29.4 Å². The monoisotopic (exact) mass is 367 g/mol. The van der Waals surface area contributed by atoms with Crippen LogP contribution in [0, 0.1) is 17.5 Å². The number of hydrogen-bond donors (Lipinski definition) is 0. The number of hydrogen-bond acceptors (Lipinski definition) is 2. The maximum absolute atomic E-state index is 14.0. The Labute approximate surface area is 155 Å². The summed E-state index contributed by atoms with van der Waals surface area (Å²) in [5.41, 5.74) is 2.47. The molecule has 27 heavy (non-hydrogen) atoms. The van der Waals surface area contributed by atoms with Crippen LogP contribution < -0.4 is 0 Å². The molecule has 0 N–H and O–H groups in total. The maximum atomic E-state index is 14.0. The summed E-state index contributed by atoms with van der Waals surface area (Å²) >= 11 is 0. The molecular weight excluding hydrogens is 351 g/mol. The standard InChI is InChI=1S/C22H16F3NO/c1-13-21(26-22(27-13)20-18(24)3-2-4-19(20)25)16-7-5-14(6-8-16)15-9-11-17(23)12-10-15/h2-13,21H,1H3/t13-,21-/m1/s1. The number of ether oxygens (including phenoxy) is 1. The fraction of sp³-hybridized carbons (Fsp3) is 0.136. The minimum absolute atomic E-state index is 0.0225. The van der Waals surface area contributed by atoms with Gasteiger partial charge in [0.25, 0.3) is 0 Å². The van der Waals surface area contributed by atoms with Gasteiger partial charge in [-0.25, -0.2) is 18.2 Å². The minimum atomic E-state index is -0.701. The first-order valence-electron chi connectivity index (χ1n) is 8.57. The minimum Gasteiger partial charge on any atom is -0.472 e. The molecule has 0 saturated heterocycles. The van der Waals surface area contributed by atoms with Crippen molar-refractivity contribution in [3.05, 3.63) is 95.3 Å². The molecule has 1 aliphatic rings. The molecule has 136 valence electrons. The Morgan fingerprint density at radius 3 is 1.93 bits per heavy atom. The Balaban J connectivity index is 1.63. The molecule has 2 atom stereocenters. The van der Waals surface area contributed by atoms with Crippen molar-refractivity contribution in [2.75, 3.05) is 0 Å². The maximum Gasteiger partial charge on any atom is 0.223 e. The molecule has 0 radical (unpaired) electrons. The molecule has 0 aliphatic carbocycles. The zero-order valence-electron chi connectivity index (χ0n) is 14.5. The number of benzene rings is 3. The fourth-order valence-electron chi connectivity index (χ4n) is 3.19. The van der Waals surface area contributed by atoms with Crippen LogP contribution in [0.15, 0.2) is 71.7 Å². The highest BCUT2D eigenvalue weighted by Gasteiger charge is 2.32. The lowest BCUT2D eigenvalue weighted by Crippen LogP contribution is -2.14. The smallest absolute Gasteiger partial charge is 0.223 e. The molecule has 4 rings (SSSR count). The molecule has 0 aromatic heterocycles. The SMILES string of the molecule is C[C@H]1OC(c2c(F)cccc2F)=N[C@H]1c1ccc(-c2ccc(F)cc2)cc1. The van der Waals surface area contributed by atoms with Gasteiger partial charge in [0.05, 0.1) is 0 Å². The van der Waals surface area contributed by atoms with E-state index in [9.17, 15) is 13.2 Å². The van der Waals surface area contributed by atoms with E-state index in [2.05, 4.69) is 4.99 Å². The third-order valence-corrected chi connectivity index (χ3v) is 4.60. The number of halogens is 3. The number of nitrogens with zero attached hydrogens (tertiary/aromatic N) is 1. The average molecular weight is 367 g/mol. The molecule has 2 nitrogen and oxygen atoms in total. The van der Waals surface area contributed by atoms with Crippen LogP contribution in [0.5, 0.6) is 0 Å². The van der Waals surface area contributed by atoms with Gasteiger partial charge in [-0.05, 0) is 47.9 Å². The Hall–Kier alpha value is -3.08. The predicted molar refractivity (Wildman–Crippen MR) is 98.0 cm³/mol. The van der Waals surface area contributed by atoms with Gasteiger partial charge >= 0.3 is 0 Å². The van der Waals surface area contributed by atoms with Crippen LogP contribution in [-0.2, 0) is 4.74 Å². The summed E-state index contributed by atoms with van der Waals surface area (Å²) in [5.74, 6) is -1.71. The highest BCUT2D eigenvalue weighted by atomic mass is 19.1. The van der Waals surface area contributed by atoms with Crippen LogP contribution in [0.2, 0.25) is 0 Å². The predicted octanol–water partition coefficient (Wildman–Crippen LogP) is 5.68. The van der Waals surface area contributed by atoms with E-state index in [4.69, 9.17) is 4.74 Å². The van der Waals surface area contributed by atoms with E-state index in [1.165, 1.54) is 30.3 Å². The van der Waals surface area contributed by atoms with Crippen LogP contribution in [0.1, 0.15) is 24.1 Å². The lowest BCUT2D eigenvalue weighted by molar-refractivity contribution is 0.213. The molecule has 0 spiro atoms. The van der Waals surface area contributed by atoms with E-state index in [1.54, 1.807) is 12.1 Å². The molecule has 5 heteroatoms. The van der Waals surface area contributed by atoms with Gasteiger partial charge in [-0.2, -0.15) is 0 Å². The quantitative estimate of drug-likeness (QED) is 0.584. The Bertz CT molecular complexity index is 977. The van der Waals surface area contributed by atoms with Crippen LogP contribution in [0.25, 0.3) is 11.1 Å². The van der Waals surface area contributed by atoms with Crippen LogP contribution in [-0.4, -0.2) is 12.0 Å². The van der Waals surface area contributed by atoms with Crippen LogP contribution >= 0.6 is 0 Å².